The van der Waals surface area contributed by atoms with Gasteiger partial charge in [-0.3, -0.25) is 0 Å². The normalized spacial score (nSPS) is 12.5. The van der Waals surface area contributed by atoms with Gasteiger partial charge in [-0.2, -0.15) is 0 Å². The number of hydrogen-bond acceptors (Lipinski definition) is 4. The van der Waals surface area contributed by atoms with Gasteiger partial charge < -0.3 is 10.1 Å². The van der Waals surface area contributed by atoms with Crippen molar-refractivity contribution in [3.8, 4) is 0 Å². The standard InChI is InChI=1S/C10H14BrNO2S/c1-3-4-12-9(10(13)14-2)8-5-7(11)6-15-8/h5-6,9,12H,3-4H2,1-2H3. The number of carbonyl (C=O) groups excluding carboxylic acids is 1. The van der Waals surface area contributed by atoms with Crippen LogP contribution in [-0.4, -0.2) is 19.6 Å². The predicted octanol–water partition coefficient (Wildman–Crippen LogP) is 2.72. The Morgan fingerprint density at radius 3 is 2.93 bits per heavy atom. The molecule has 0 aliphatic heterocycles. The van der Waals surface area contributed by atoms with Crippen molar-refractivity contribution in [2.24, 2.45) is 0 Å². The lowest BCUT2D eigenvalue weighted by Gasteiger charge is -2.14. The minimum Gasteiger partial charge on any atom is -0.468 e. The molecule has 0 aliphatic rings. The summed E-state index contributed by atoms with van der Waals surface area (Å²) in [6.45, 7) is 2.86. The SMILES string of the molecule is CCCNC(C(=O)OC)c1cc(Br)cs1. The monoisotopic (exact) mass is 291 g/mol. The Bertz CT molecular complexity index is 327. The van der Waals surface area contributed by atoms with Crippen LogP contribution in [0.4, 0.5) is 0 Å². The number of hydrogen-bond donors (Lipinski definition) is 1. The summed E-state index contributed by atoms with van der Waals surface area (Å²) >= 11 is 4.91. The van der Waals surface area contributed by atoms with Crippen LogP contribution in [0.1, 0.15) is 24.3 Å². The van der Waals surface area contributed by atoms with E-state index < -0.39 is 0 Å². The smallest absolute Gasteiger partial charge is 0.328 e. The van der Waals surface area contributed by atoms with Gasteiger partial charge in [-0.15, -0.1) is 11.3 Å². The van der Waals surface area contributed by atoms with E-state index in [-0.39, 0.29) is 12.0 Å². The number of halogens is 1. The summed E-state index contributed by atoms with van der Waals surface area (Å²) in [6, 6.07) is 1.60. The molecule has 1 N–H and O–H groups in total. The van der Waals surface area contributed by atoms with E-state index in [1.54, 1.807) is 11.3 Å². The molecule has 84 valence electrons. The molecule has 0 saturated carbocycles. The highest BCUT2D eigenvalue weighted by Crippen LogP contribution is 2.26. The first kappa shape index (κ1) is 12.7. The molecule has 1 atom stereocenters. The van der Waals surface area contributed by atoms with Crippen LogP contribution in [0.25, 0.3) is 0 Å². The van der Waals surface area contributed by atoms with Gasteiger partial charge in [-0.1, -0.05) is 6.92 Å². The molecule has 0 spiro atoms. The lowest BCUT2D eigenvalue weighted by atomic mass is 10.2. The molecule has 0 aliphatic carbocycles. The van der Waals surface area contributed by atoms with Crippen LogP contribution in [0.15, 0.2) is 15.9 Å². The van der Waals surface area contributed by atoms with Crippen molar-refractivity contribution >= 4 is 33.2 Å². The van der Waals surface area contributed by atoms with Crippen LogP contribution >= 0.6 is 27.3 Å². The van der Waals surface area contributed by atoms with Gasteiger partial charge in [0.05, 0.1) is 7.11 Å². The first-order valence-corrected chi connectivity index (χ1v) is 6.41. The van der Waals surface area contributed by atoms with Crippen molar-refractivity contribution in [3.63, 3.8) is 0 Å². The molecule has 0 fully saturated rings. The fourth-order valence-corrected chi connectivity index (χ4v) is 2.69. The number of carbonyl (C=O) groups is 1. The third-order valence-corrected chi connectivity index (χ3v) is 3.67. The van der Waals surface area contributed by atoms with E-state index in [2.05, 4.69) is 28.2 Å². The zero-order valence-electron chi connectivity index (χ0n) is 8.75. The van der Waals surface area contributed by atoms with E-state index >= 15 is 0 Å². The molecule has 0 bridgehead atoms. The maximum Gasteiger partial charge on any atom is 0.328 e. The van der Waals surface area contributed by atoms with Gasteiger partial charge in [0, 0.05) is 14.7 Å². The molecular formula is C10H14BrNO2S. The number of rotatable bonds is 5. The molecule has 1 unspecified atom stereocenters. The zero-order valence-corrected chi connectivity index (χ0v) is 11.2. The van der Waals surface area contributed by atoms with Gasteiger partial charge in [0.25, 0.3) is 0 Å². The van der Waals surface area contributed by atoms with Gasteiger partial charge in [-0.05, 0) is 35.0 Å². The second-order valence-electron chi connectivity index (χ2n) is 3.08. The number of ether oxygens (including phenoxy) is 1. The second kappa shape index (κ2) is 6.25. The Kier molecular flexibility index (Phi) is 5.28. The maximum absolute atomic E-state index is 11.5. The second-order valence-corrected chi connectivity index (χ2v) is 4.94. The minimum absolute atomic E-state index is 0.238. The Morgan fingerprint density at radius 2 is 2.47 bits per heavy atom. The predicted molar refractivity (Wildman–Crippen MR) is 65.1 cm³/mol. The fraction of sp³-hybridized carbons (Fsp3) is 0.500. The fourth-order valence-electron chi connectivity index (χ4n) is 1.19. The highest BCUT2D eigenvalue weighted by atomic mass is 79.9. The van der Waals surface area contributed by atoms with Crippen molar-refractivity contribution in [3.05, 3.63) is 20.8 Å². The summed E-state index contributed by atoms with van der Waals surface area (Å²) in [7, 11) is 1.41. The van der Waals surface area contributed by atoms with E-state index in [0.29, 0.717) is 0 Å². The summed E-state index contributed by atoms with van der Waals surface area (Å²) in [5.41, 5.74) is 0. The van der Waals surface area contributed by atoms with E-state index in [9.17, 15) is 4.79 Å². The highest BCUT2D eigenvalue weighted by Gasteiger charge is 2.21. The average molecular weight is 292 g/mol. The maximum atomic E-state index is 11.5. The van der Waals surface area contributed by atoms with Gasteiger partial charge >= 0.3 is 5.97 Å². The van der Waals surface area contributed by atoms with Crippen LogP contribution in [-0.2, 0) is 9.53 Å². The summed E-state index contributed by atoms with van der Waals surface area (Å²) in [5, 5.41) is 5.12. The van der Waals surface area contributed by atoms with Crippen LogP contribution in [0.5, 0.6) is 0 Å². The molecule has 1 rings (SSSR count). The number of methoxy groups -OCH3 is 1. The minimum atomic E-state index is -0.341. The van der Waals surface area contributed by atoms with Gasteiger partial charge in [-0.25, -0.2) is 4.79 Å². The Morgan fingerprint density at radius 1 is 1.73 bits per heavy atom. The number of nitrogens with one attached hydrogen (secondary N) is 1. The van der Waals surface area contributed by atoms with Crippen molar-refractivity contribution < 1.29 is 9.53 Å². The lowest BCUT2D eigenvalue weighted by Crippen LogP contribution is -2.29. The lowest BCUT2D eigenvalue weighted by molar-refractivity contribution is -0.143. The quantitative estimate of drug-likeness (QED) is 0.848. The van der Waals surface area contributed by atoms with Crippen molar-refractivity contribution in [1.29, 1.82) is 0 Å². The van der Waals surface area contributed by atoms with Gasteiger partial charge in [0.15, 0.2) is 0 Å². The van der Waals surface area contributed by atoms with E-state index in [4.69, 9.17) is 4.74 Å². The molecule has 15 heavy (non-hydrogen) atoms. The molecule has 0 amide bonds. The molecular weight excluding hydrogens is 278 g/mol. The van der Waals surface area contributed by atoms with Crippen LogP contribution < -0.4 is 5.32 Å². The van der Waals surface area contributed by atoms with Gasteiger partial charge in [0.2, 0.25) is 0 Å². The third-order valence-electron chi connectivity index (χ3n) is 1.91. The molecule has 5 heteroatoms. The molecule has 0 aromatic carbocycles. The zero-order chi connectivity index (χ0) is 11.3. The third kappa shape index (κ3) is 3.59. The van der Waals surface area contributed by atoms with Crippen molar-refractivity contribution in [2.45, 2.75) is 19.4 Å². The van der Waals surface area contributed by atoms with Crippen LogP contribution in [0.3, 0.4) is 0 Å². The Balaban J connectivity index is 2.76. The summed E-state index contributed by atoms with van der Waals surface area (Å²) in [4.78, 5) is 12.5. The summed E-state index contributed by atoms with van der Waals surface area (Å²) in [5.74, 6) is -0.238. The number of thiophene rings is 1. The first-order valence-electron chi connectivity index (χ1n) is 4.74. The van der Waals surface area contributed by atoms with Crippen LogP contribution in [0.2, 0.25) is 0 Å². The molecule has 0 saturated heterocycles. The average Bonchev–Trinajstić information content (AvgIpc) is 2.65. The molecule has 1 aromatic rings. The largest absolute Gasteiger partial charge is 0.468 e. The number of esters is 1. The molecule has 1 aromatic heterocycles. The molecule has 0 radical (unpaired) electrons. The van der Waals surface area contributed by atoms with Crippen LogP contribution in [0, 0.1) is 0 Å². The Hall–Kier alpha value is -0.390. The van der Waals surface area contributed by atoms with Gasteiger partial charge in [0.1, 0.15) is 6.04 Å². The van der Waals surface area contributed by atoms with E-state index in [0.717, 1.165) is 22.3 Å². The first-order chi connectivity index (χ1) is 7.19. The summed E-state index contributed by atoms with van der Waals surface area (Å²) in [6.07, 6.45) is 0.986. The highest BCUT2D eigenvalue weighted by molar-refractivity contribution is 9.10. The van der Waals surface area contributed by atoms with E-state index in [1.807, 2.05) is 11.4 Å². The molecule has 3 nitrogen and oxygen atoms in total. The van der Waals surface area contributed by atoms with Crippen molar-refractivity contribution in [2.75, 3.05) is 13.7 Å². The molecule has 1 heterocycles. The van der Waals surface area contributed by atoms with Crippen molar-refractivity contribution in [1.82, 2.24) is 5.32 Å². The van der Waals surface area contributed by atoms with E-state index in [1.165, 1.54) is 7.11 Å². The summed E-state index contributed by atoms with van der Waals surface area (Å²) < 4.78 is 5.76. The Labute approximate surface area is 102 Å². The topological polar surface area (TPSA) is 38.3 Å².